The van der Waals surface area contributed by atoms with Crippen molar-refractivity contribution in [1.82, 2.24) is 10.9 Å². The first-order valence-corrected chi connectivity index (χ1v) is 7.97. The number of carbonyl (C=O) groups is 3. The SMILES string of the molecule is COCc1ccc(C(=O)OCC(=O)NNC(=O)c2ccc(Cl)cc2)cc1. The number of carbonyl (C=O) groups excluding carboxylic acids is 3. The van der Waals surface area contributed by atoms with Gasteiger partial charge in [-0.3, -0.25) is 20.4 Å². The maximum Gasteiger partial charge on any atom is 0.338 e. The molecular formula is C18H17ClN2O5. The third-order valence-electron chi connectivity index (χ3n) is 3.26. The summed E-state index contributed by atoms with van der Waals surface area (Å²) < 4.78 is 9.87. The summed E-state index contributed by atoms with van der Waals surface area (Å²) in [4.78, 5) is 35.4. The van der Waals surface area contributed by atoms with Gasteiger partial charge in [0.05, 0.1) is 12.2 Å². The molecule has 0 unspecified atom stereocenters. The Bertz CT molecular complexity index is 775. The van der Waals surface area contributed by atoms with Crippen molar-refractivity contribution in [3.05, 3.63) is 70.2 Å². The third-order valence-corrected chi connectivity index (χ3v) is 3.51. The van der Waals surface area contributed by atoms with Crippen LogP contribution in [-0.2, 0) is 20.9 Å². The highest BCUT2D eigenvalue weighted by molar-refractivity contribution is 6.30. The number of hydrogen-bond donors (Lipinski definition) is 2. The molecule has 2 aromatic carbocycles. The summed E-state index contributed by atoms with van der Waals surface area (Å²) in [6.45, 7) is -0.0927. The number of benzene rings is 2. The minimum absolute atomic E-state index is 0.308. The number of hydrogen-bond acceptors (Lipinski definition) is 5. The van der Waals surface area contributed by atoms with Gasteiger partial charge in [-0.15, -0.1) is 0 Å². The van der Waals surface area contributed by atoms with Crippen molar-refractivity contribution in [2.24, 2.45) is 0 Å². The Morgan fingerprint density at radius 1 is 0.923 bits per heavy atom. The highest BCUT2D eigenvalue weighted by atomic mass is 35.5. The van der Waals surface area contributed by atoms with E-state index in [9.17, 15) is 14.4 Å². The van der Waals surface area contributed by atoms with Crippen LogP contribution >= 0.6 is 11.6 Å². The van der Waals surface area contributed by atoms with Crippen molar-refractivity contribution in [3.63, 3.8) is 0 Å². The zero-order valence-corrected chi connectivity index (χ0v) is 14.7. The van der Waals surface area contributed by atoms with E-state index in [1.54, 1.807) is 43.5 Å². The molecule has 0 fully saturated rings. The molecule has 2 aromatic rings. The lowest BCUT2D eigenvalue weighted by Crippen LogP contribution is -2.43. The summed E-state index contributed by atoms with van der Waals surface area (Å²) in [5.74, 6) is -1.83. The molecule has 8 heteroatoms. The van der Waals surface area contributed by atoms with Gasteiger partial charge in [0.1, 0.15) is 0 Å². The molecule has 2 amide bonds. The van der Waals surface area contributed by atoms with E-state index in [4.69, 9.17) is 21.1 Å². The van der Waals surface area contributed by atoms with Gasteiger partial charge in [0.2, 0.25) is 0 Å². The number of nitrogens with one attached hydrogen (secondary N) is 2. The molecule has 26 heavy (non-hydrogen) atoms. The molecular weight excluding hydrogens is 360 g/mol. The fourth-order valence-corrected chi connectivity index (χ4v) is 2.08. The van der Waals surface area contributed by atoms with Crippen molar-refractivity contribution in [2.45, 2.75) is 6.61 Å². The largest absolute Gasteiger partial charge is 0.452 e. The Morgan fingerprint density at radius 2 is 1.54 bits per heavy atom. The van der Waals surface area contributed by atoms with Crippen molar-refractivity contribution in [2.75, 3.05) is 13.7 Å². The molecule has 0 saturated heterocycles. The van der Waals surface area contributed by atoms with E-state index in [2.05, 4.69) is 10.9 Å². The second-order valence-electron chi connectivity index (χ2n) is 5.22. The summed E-state index contributed by atoms with van der Waals surface area (Å²) in [7, 11) is 1.58. The van der Waals surface area contributed by atoms with Crippen molar-refractivity contribution in [3.8, 4) is 0 Å². The van der Waals surface area contributed by atoms with E-state index >= 15 is 0 Å². The standard InChI is InChI=1S/C18H17ClN2O5/c1-25-10-12-2-4-14(5-3-12)18(24)26-11-16(22)20-21-17(23)13-6-8-15(19)9-7-13/h2-9H,10-11H2,1H3,(H,20,22)(H,21,23). The van der Waals surface area contributed by atoms with E-state index in [0.717, 1.165) is 5.56 Å². The maximum atomic E-state index is 11.9. The fourth-order valence-electron chi connectivity index (χ4n) is 1.95. The van der Waals surface area contributed by atoms with Gasteiger partial charge in [-0.2, -0.15) is 0 Å². The normalized spacial score (nSPS) is 10.1. The summed E-state index contributed by atoms with van der Waals surface area (Å²) in [6.07, 6.45) is 0. The van der Waals surface area contributed by atoms with Crippen LogP contribution < -0.4 is 10.9 Å². The van der Waals surface area contributed by atoms with Gasteiger partial charge in [-0.05, 0) is 42.0 Å². The van der Waals surface area contributed by atoms with Gasteiger partial charge in [-0.25, -0.2) is 4.79 Å². The molecule has 0 aliphatic rings. The van der Waals surface area contributed by atoms with Crippen LogP contribution in [0.2, 0.25) is 5.02 Å². The molecule has 0 radical (unpaired) electrons. The predicted molar refractivity (Wildman–Crippen MR) is 94.5 cm³/mol. The Kier molecular flexibility index (Phi) is 7.13. The lowest BCUT2D eigenvalue weighted by Gasteiger charge is -2.08. The zero-order valence-electron chi connectivity index (χ0n) is 14.0. The Hall–Kier alpha value is -2.90. The van der Waals surface area contributed by atoms with E-state index in [-0.39, 0.29) is 0 Å². The fraction of sp³-hybridized carbons (Fsp3) is 0.167. The van der Waals surface area contributed by atoms with Crippen LogP contribution in [0.1, 0.15) is 26.3 Å². The highest BCUT2D eigenvalue weighted by Gasteiger charge is 2.11. The molecule has 0 heterocycles. The van der Waals surface area contributed by atoms with Crippen LogP contribution in [0.15, 0.2) is 48.5 Å². The molecule has 136 valence electrons. The molecule has 2 rings (SSSR count). The molecule has 0 aliphatic heterocycles. The monoisotopic (exact) mass is 376 g/mol. The Balaban J connectivity index is 1.76. The van der Waals surface area contributed by atoms with Crippen molar-refractivity contribution < 1.29 is 23.9 Å². The summed E-state index contributed by atoms with van der Waals surface area (Å²) >= 11 is 5.73. The number of rotatable bonds is 6. The molecule has 7 nitrogen and oxygen atoms in total. The molecule has 0 aromatic heterocycles. The first-order valence-electron chi connectivity index (χ1n) is 7.59. The highest BCUT2D eigenvalue weighted by Crippen LogP contribution is 2.09. The first kappa shape index (κ1) is 19.4. The number of methoxy groups -OCH3 is 1. The smallest absolute Gasteiger partial charge is 0.338 e. The minimum Gasteiger partial charge on any atom is -0.452 e. The molecule has 0 atom stereocenters. The van der Waals surface area contributed by atoms with E-state index in [1.807, 2.05) is 0 Å². The average molecular weight is 377 g/mol. The second kappa shape index (κ2) is 9.55. The van der Waals surface area contributed by atoms with Crippen molar-refractivity contribution in [1.29, 1.82) is 0 Å². The van der Waals surface area contributed by atoms with Gasteiger partial charge in [-0.1, -0.05) is 23.7 Å². The van der Waals surface area contributed by atoms with Crippen molar-refractivity contribution >= 4 is 29.4 Å². The Labute approximate surface area is 155 Å². The van der Waals surface area contributed by atoms with Gasteiger partial charge in [0.25, 0.3) is 11.8 Å². The maximum absolute atomic E-state index is 11.9. The van der Waals surface area contributed by atoms with Crippen LogP contribution in [0.4, 0.5) is 0 Å². The lowest BCUT2D eigenvalue weighted by atomic mass is 10.1. The summed E-state index contributed by atoms with van der Waals surface area (Å²) in [6, 6.07) is 12.7. The lowest BCUT2D eigenvalue weighted by molar-refractivity contribution is -0.125. The topological polar surface area (TPSA) is 93.7 Å². The summed E-state index contributed by atoms with van der Waals surface area (Å²) in [5.41, 5.74) is 5.92. The number of halogens is 1. The average Bonchev–Trinajstić information content (AvgIpc) is 2.65. The third kappa shape index (κ3) is 5.87. The quantitative estimate of drug-likeness (QED) is 0.595. The number of hydrazine groups is 1. The number of amides is 2. The van der Waals surface area contributed by atoms with E-state index < -0.39 is 24.4 Å². The van der Waals surface area contributed by atoms with Gasteiger partial charge >= 0.3 is 5.97 Å². The van der Waals surface area contributed by atoms with Crippen LogP contribution in [-0.4, -0.2) is 31.5 Å². The van der Waals surface area contributed by atoms with Crippen LogP contribution in [0, 0.1) is 0 Å². The summed E-state index contributed by atoms with van der Waals surface area (Å²) in [5, 5.41) is 0.493. The molecule has 0 saturated carbocycles. The molecule has 0 spiro atoms. The van der Waals surface area contributed by atoms with Crippen LogP contribution in [0.3, 0.4) is 0 Å². The number of ether oxygens (including phenoxy) is 2. The van der Waals surface area contributed by atoms with Gasteiger partial charge in [0, 0.05) is 17.7 Å². The second-order valence-corrected chi connectivity index (χ2v) is 5.65. The van der Waals surface area contributed by atoms with E-state index in [1.165, 1.54) is 12.1 Å². The van der Waals surface area contributed by atoms with Crippen LogP contribution in [0.25, 0.3) is 0 Å². The van der Waals surface area contributed by atoms with Gasteiger partial charge < -0.3 is 9.47 Å². The molecule has 0 bridgehead atoms. The molecule has 2 N–H and O–H groups in total. The van der Waals surface area contributed by atoms with Gasteiger partial charge in [0.15, 0.2) is 6.61 Å². The zero-order chi connectivity index (χ0) is 18.9. The van der Waals surface area contributed by atoms with E-state index in [0.29, 0.717) is 22.8 Å². The predicted octanol–water partition coefficient (Wildman–Crippen LogP) is 2.10. The van der Waals surface area contributed by atoms with Crippen LogP contribution in [0.5, 0.6) is 0 Å². The first-order chi connectivity index (χ1) is 12.5. The Morgan fingerprint density at radius 3 is 2.15 bits per heavy atom. The minimum atomic E-state index is -0.670. The molecule has 0 aliphatic carbocycles. The number of esters is 1.